The molecular weight excluding hydrogens is 348 g/mol. The second-order valence-corrected chi connectivity index (χ2v) is 8.34. The Morgan fingerprint density at radius 1 is 1.38 bits per heavy atom. The van der Waals surface area contributed by atoms with Crippen molar-refractivity contribution in [3.05, 3.63) is 33.2 Å². The van der Waals surface area contributed by atoms with E-state index in [1.165, 1.54) is 28.4 Å². The number of thiophene rings is 1. The summed E-state index contributed by atoms with van der Waals surface area (Å²) >= 11 is 3.08. The number of carbonyl (C=O) groups is 2. The number of nitrogens with zero attached hydrogens (tertiary/aromatic N) is 2. The maximum Gasteiger partial charge on any atom is 0.351 e. The lowest BCUT2D eigenvalue weighted by molar-refractivity contribution is -0.133. The first-order valence-electron chi connectivity index (χ1n) is 7.58. The van der Waals surface area contributed by atoms with Crippen molar-refractivity contribution < 1.29 is 19.8 Å². The van der Waals surface area contributed by atoms with Crippen molar-refractivity contribution in [3.8, 4) is 0 Å². The standard InChI is InChI=1S/C16H18N2O4S2/c1-18-3-2-13-9(7-18)4-10(24-13)5-14-11(15(19)20)6-17-12(8-23-14)16(21)22/h4,6,14H,2-3,5,7-8H2,1H3,(H,19,20)(H,21,22). The van der Waals surface area contributed by atoms with E-state index >= 15 is 0 Å². The summed E-state index contributed by atoms with van der Waals surface area (Å²) in [4.78, 5) is 31.3. The van der Waals surface area contributed by atoms with E-state index in [4.69, 9.17) is 5.11 Å². The highest BCUT2D eigenvalue weighted by Gasteiger charge is 2.27. The highest BCUT2D eigenvalue weighted by Crippen LogP contribution is 2.33. The Hall–Kier alpha value is -1.64. The van der Waals surface area contributed by atoms with E-state index in [1.807, 2.05) is 0 Å². The van der Waals surface area contributed by atoms with E-state index in [0.29, 0.717) is 6.42 Å². The molecule has 1 unspecified atom stereocenters. The van der Waals surface area contributed by atoms with Crippen LogP contribution in [0.15, 0.2) is 22.8 Å². The van der Waals surface area contributed by atoms with E-state index in [1.54, 1.807) is 11.3 Å². The number of aliphatic carboxylic acids is 2. The molecule has 8 heteroatoms. The molecule has 0 radical (unpaired) electrons. The summed E-state index contributed by atoms with van der Waals surface area (Å²) in [7, 11) is 2.09. The van der Waals surface area contributed by atoms with Crippen LogP contribution in [0.1, 0.15) is 15.3 Å². The number of thioether (sulfide) groups is 1. The Kier molecular flexibility index (Phi) is 5.07. The van der Waals surface area contributed by atoms with Crippen LogP contribution < -0.4 is 0 Å². The number of hydrogen-bond donors (Lipinski definition) is 2. The van der Waals surface area contributed by atoms with E-state index in [2.05, 4.69) is 23.0 Å². The Morgan fingerprint density at radius 2 is 2.17 bits per heavy atom. The first-order chi connectivity index (χ1) is 11.4. The van der Waals surface area contributed by atoms with Gasteiger partial charge in [-0.25, -0.2) is 9.59 Å². The molecule has 1 atom stereocenters. The van der Waals surface area contributed by atoms with Crippen LogP contribution in [0.4, 0.5) is 0 Å². The van der Waals surface area contributed by atoms with Gasteiger partial charge in [-0.3, -0.25) is 4.99 Å². The minimum Gasteiger partial charge on any atom is -0.478 e. The monoisotopic (exact) mass is 366 g/mol. The predicted molar refractivity (Wildman–Crippen MR) is 95.1 cm³/mol. The fourth-order valence-electron chi connectivity index (χ4n) is 2.84. The Morgan fingerprint density at radius 3 is 2.88 bits per heavy atom. The number of carboxylic acids is 2. The Labute approximate surface area is 147 Å². The summed E-state index contributed by atoms with van der Waals surface area (Å²) in [6, 6.07) is 2.17. The van der Waals surface area contributed by atoms with Crippen LogP contribution in [0, 0.1) is 0 Å². The molecule has 0 amide bonds. The van der Waals surface area contributed by atoms with Crippen molar-refractivity contribution in [2.45, 2.75) is 24.6 Å². The van der Waals surface area contributed by atoms with Crippen molar-refractivity contribution in [2.24, 2.45) is 4.99 Å². The average molecular weight is 366 g/mol. The number of rotatable bonds is 4. The van der Waals surface area contributed by atoms with E-state index in [-0.39, 0.29) is 22.3 Å². The summed E-state index contributed by atoms with van der Waals surface area (Å²) in [6.07, 6.45) is 2.83. The van der Waals surface area contributed by atoms with Gasteiger partial charge < -0.3 is 15.1 Å². The SMILES string of the molecule is CN1CCc2sc(CC3SCC(C(=O)O)=NC=C3C(=O)O)cc2C1. The van der Waals surface area contributed by atoms with Crippen molar-refractivity contribution in [1.29, 1.82) is 0 Å². The number of hydrogen-bond acceptors (Lipinski definition) is 6. The third kappa shape index (κ3) is 3.71. The summed E-state index contributed by atoms with van der Waals surface area (Å²) < 4.78 is 0. The highest BCUT2D eigenvalue weighted by atomic mass is 32.2. The van der Waals surface area contributed by atoms with Crippen molar-refractivity contribution in [1.82, 2.24) is 4.90 Å². The van der Waals surface area contributed by atoms with Gasteiger partial charge in [-0.1, -0.05) is 0 Å². The number of aliphatic imine (C=N–C) groups is 1. The minimum atomic E-state index is -1.10. The lowest BCUT2D eigenvalue weighted by Gasteiger charge is -2.21. The van der Waals surface area contributed by atoms with Crippen molar-refractivity contribution in [2.75, 3.05) is 19.3 Å². The smallest absolute Gasteiger partial charge is 0.351 e. The van der Waals surface area contributed by atoms with Gasteiger partial charge in [-0.2, -0.15) is 0 Å². The lowest BCUT2D eigenvalue weighted by Crippen LogP contribution is -2.25. The largest absolute Gasteiger partial charge is 0.478 e. The third-order valence-corrected chi connectivity index (χ3v) is 6.64. The van der Waals surface area contributed by atoms with Crippen LogP contribution in [0.25, 0.3) is 0 Å². The fraction of sp³-hybridized carbons (Fsp3) is 0.438. The molecule has 0 fully saturated rings. The van der Waals surface area contributed by atoms with Gasteiger partial charge >= 0.3 is 11.9 Å². The molecular formula is C16H18N2O4S2. The van der Waals surface area contributed by atoms with Crippen molar-refractivity contribution in [3.63, 3.8) is 0 Å². The summed E-state index contributed by atoms with van der Waals surface area (Å²) in [6.45, 7) is 1.97. The molecule has 3 rings (SSSR count). The van der Waals surface area contributed by atoms with Crippen LogP contribution in [0.5, 0.6) is 0 Å². The van der Waals surface area contributed by atoms with Gasteiger partial charge in [0.1, 0.15) is 5.71 Å². The van der Waals surface area contributed by atoms with Gasteiger partial charge in [-0.05, 0) is 31.5 Å². The highest BCUT2D eigenvalue weighted by molar-refractivity contribution is 8.00. The molecule has 128 valence electrons. The van der Waals surface area contributed by atoms with Crippen LogP contribution in [-0.2, 0) is 29.0 Å². The maximum absolute atomic E-state index is 11.5. The van der Waals surface area contributed by atoms with Crippen LogP contribution >= 0.6 is 23.1 Å². The number of carboxylic acid groups (broad SMARTS) is 2. The maximum atomic E-state index is 11.5. The lowest BCUT2D eigenvalue weighted by atomic mass is 10.1. The van der Waals surface area contributed by atoms with E-state index in [0.717, 1.165) is 24.4 Å². The quantitative estimate of drug-likeness (QED) is 0.846. The number of likely N-dealkylation sites (N-methyl/N-ethyl adjacent to an activating group) is 1. The summed E-state index contributed by atoms with van der Waals surface area (Å²) in [5.74, 6) is -1.93. The molecule has 24 heavy (non-hydrogen) atoms. The molecule has 0 bridgehead atoms. The molecule has 2 aliphatic heterocycles. The molecule has 1 aromatic heterocycles. The molecule has 0 saturated heterocycles. The number of fused-ring (bicyclic) bond motifs is 1. The molecule has 1 aromatic rings. The van der Waals surface area contributed by atoms with Crippen LogP contribution in [0.2, 0.25) is 0 Å². The molecule has 0 spiro atoms. The molecule has 3 heterocycles. The molecule has 0 saturated carbocycles. The Balaban J connectivity index is 1.79. The van der Waals surface area contributed by atoms with Crippen molar-refractivity contribution >= 4 is 40.7 Å². The topological polar surface area (TPSA) is 90.2 Å². The van der Waals surface area contributed by atoms with Gasteiger partial charge in [0, 0.05) is 40.0 Å². The van der Waals surface area contributed by atoms with Crippen LogP contribution in [-0.4, -0.2) is 57.4 Å². The molecule has 2 N–H and O–H groups in total. The zero-order chi connectivity index (χ0) is 17.3. The zero-order valence-electron chi connectivity index (χ0n) is 13.2. The first-order valence-corrected chi connectivity index (χ1v) is 9.44. The van der Waals surface area contributed by atoms with Gasteiger partial charge in [-0.15, -0.1) is 23.1 Å². The average Bonchev–Trinajstić information content (AvgIpc) is 2.77. The van der Waals surface area contributed by atoms with Gasteiger partial charge in [0.2, 0.25) is 0 Å². The molecule has 0 aromatic carbocycles. The molecule has 0 aliphatic carbocycles. The third-order valence-electron chi connectivity index (χ3n) is 4.12. The second kappa shape index (κ2) is 7.08. The fourth-order valence-corrected chi connectivity index (χ4v) is 5.35. The zero-order valence-corrected chi connectivity index (χ0v) is 14.8. The molecule has 2 aliphatic rings. The molecule has 6 nitrogen and oxygen atoms in total. The summed E-state index contributed by atoms with van der Waals surface area (Å²) in [5.41, 5.74) is 1.48. The predicted octanol–water partition coefficient (Wildman–Crippen LogP) is 1.89. The van der Waals surface area contributed by atoms with Crippen LogP contribution in [0.3, 0.4) is 0 Å². The first kappa shape index (κ1) is 17.2. The summed E-state index contributed by atoms with van der Waals surface area (Å²) in [5, 5.41) is 18.2. The van der Waals surface area contributed by atoms with E-state index < -0.39 is 11.9 Å². The second-order valence-electron chi connectivity index (χ2n) is 5.92. The van der Waals surface area contributed by atoms with E-state index in [9.17, 15) is 14.7 Å². The Bertz CT molecular complexity index is 738. The normalized spacial score (nSPS) is 21.5. The van der Waals surface area contributed by atoms with Gasteiger partial charge in [0.15, 0.2) is 0 Å². The minimum absolute atomic E-state index is 0.00616. The van der Waals surface area contributed by atoms with Gasteiger partial charge in [0.25, 0.3) is 0 Å². The van der Waals surface area contributed by atoms with Gasteiger partial charge in [0.05, 0.1) is 5.57 Å².